The molecule has 0 aliphatic carbocycles. The van der Waals surface area contributed by atoms with Crippen LogP contribution >= 0.6 is 11.3 Å². The maximum atomic E-state index is 3.46. The van der Waals surface area contributed by atoms with Crippen molar-refractivity contribution in [2.24, 2.45) is 0 Å². The molecule has 0 aromatic carbocycles. The van der Waals surface area contributed by atoms with Gasteiger partial charge in [0.1, 0.15) is 0 Å². The van der Waals surface area contributed by atoms with Crippen molar-refractivity contribution in [1.82, 2.24) is 5.32 Å². The number of rotatable bonds is 1. The van der Waals surface area contributed by atoms with Crippen LogP contribution < -0.4 is 10.2 Å². The van der Waals surface area contributed by atoms with Crippen molar-refractivity contribution in [2.45, 2.75) is 19.9 Å². The molecule has 1 aromatic rings. The molecule has 0 amide bonds. The predicted octanol–water partition coefficient (Wildman–Crippen LogP) is 1.85. The zero-order valence-electron chi connectivity index (χ0n) is 8.21. The van der Waals surface area contributed by atoms with E-state index in [-0.39, 0.29) is 0 Å². The molecule has 0 unspecified atom stereocenters. The maximum Gasteiger partial charge on any atom is 0.0505 e. The van der Waals surface area contributed by atoms with Crippen LogP contribution in [-0.4, -0.2) is 25.7 Å². The molecule has 3 heteroatoms. The number of thiophene rings is 1. The number of nitrogens with one attached hydrogen (secondary N) is 1. The summed E-state index contributed by atoms with van der Waals surface area (Å²) in [6, 6.07) is 2.85. The second-order valence-electron chi connectivity index (χ2n) is 3.66. The fourth-order valence-corrected chi connectivity index (χ4v) is 2.58. The molecule has 72 valence electrons. The quantitative estimate of drug-likeness (QED) is 0.737. The normalized spacial score (nSPS) is 23.5. The number of hydrogen-bond acceptors (Lipinski definition) is 3. The average Bonchev–Trinajstić information content (AvgIpc) is 2.51. The number of aryl methyl sites for hydroxylation is 1. The van der Waals surface area contributed by atoms with Crippen molar-refractivity contribution in [3.8, 4) is 0 Å². The zero-order chi connectivity index (χ0) is 9.26. The van der Waals surface area contributed by atoms with Crippen molar-refractivity contribution < 1.29 is 0 Å². The summed E-state index contributed by atoms with van der Waals surface area (Å²) in [7, 11) is 0. The minimum Gasteiger partial charge on any atom is -0.368 e. The van der Waals surface area contributed by atoms with E-state index >= 15 is 0 Å². The van der Waals surface area contributed by atoms with E-state index in [0.717, 1.165) is 19.6 Å². The summed E-state index contributed by atoms with van der Waals surface area (Å²) in [5.74, 6) is 0. The van der Waals surface area contributed by atoms with Crippen molar-refractivity contribution in [1.29, 1.82) is 0 Å². The molecule has 0 radical (unpaired) electrons. The molecule has 1 saturated heterocycles. The van der Waals surface area contributed by atoms with Gasteiger partial charge in [-0.3, -0.25) is 0 Å². The number of nitrogens with zero attached hydrogens (tertiary/aromatic N) is 1. The highest BCUT2D eigenvalue weighted by atomic mass is 32.1. The summed E-state index contributed by atoms with van der Waals surface area (Å²) in [4.78, 5) is 3.92. The van der Waals surface area contributed by atoms with Crippen LogP contribution in [0.3, 0.4) is 0 Å². The lowest BCUT2D eigenvalue weighted by atomic mass is 10.2. The molecule has 1 aliphatic rings. The summed E-state index contributed by atoms with van der Waals surface area (Å²) in [5, 5.41) is 5.63. The summed E-state index contributed by atoms with van der Waals surface area (Å²) < 4.78 is 0. The predicted molar refractivity (Wildman–Crippen MR) is 58.7 cm³/mol. The van der Waals surface area contributed by atoms with E-state index in [1.165, 1.54) is 10.6 Å². The summed E-state index contributed by atoms with van der Waals surface area (Å²) in [5.41, 5.74) is 1.43. The van der Waals surface area contributed by atoms with Crippen LogP contribution in [0.25, 0.3) is 0 Å². The Morgan fingerprint density at radius 1 is 1.62 bits per heavy atom. The molecular weight excluding hydrogens is 180 g/mol. The third-order valence-electron chi connectivity index (χ3n) is 2.54. The van der Waals surface area contributed by atoms with Gasteiger partial charge in [0.15, 0.2) is 0 Å². The lowest BCUT2D eigenvalue weighted by Gasteiger charge is -2.33. The van der Waals surface area contributed by atoms with E-state index in [4.69, 9.17) is 0 Å². The van der Waals surface area contributed by atoms with Gasteiger partial charge in [0.05, 0.1) is 5.69 Å². The molecule has 13 heavy (non-hydrogen) atoms. The van der Waals surface area contributed by atoms with Crippen LogP contribution in [0.2, 0.25) is 0 Å². The van der Waals surface area contributed by atoms with Gasteiger partial charge < -0.3 is 10.2 Å². The van der Waals surface area contributed by atoms with Crippen LogP contribution in [0, 0.1) is 6.92 Å². The molecule has 2 nitrogen and oxygen atoms in total. The van der Waals surface area contributed by atoms with Crippen molar-refractivity contribution in [3.63, 3.8) is 0 Å². The van der Waals surface area contributed by atoms with E-state index in [2.05, 4.69) is 35.5 Å². The van der Waals surface area contributed by atoms with Crippen LogP contribution in [0.4, 0.5) is 5.69 Å². The largest absolute Gasteiger partial charge is 0.368 e. The van der Waals surface area contributed by atoms with Gasteiger partial charge in [0.2, 0.25) is 0 Å². The topological polar surface area (TPSA) is 15.3 Å². The van der Waals surface area contributed by atoms with Gasteiger partial charge in [0.25, 0.3) is 0 Å². The Kier molecular flexibility index (Phi) is 2.56. The molecule has 1 aliphatic heterocycles. The summed E-state index contributed by atoms with van der Waals surface area (Å²) in [6.45, 7) is 7.83. The monoisotopic (exact) mass is 196 g/mol. The minimum absolute atomic E-state index is 0.619. The summed E-state index contributed by atoms with van der Waals surface area (Å²) in [6.07, 6.45) is 0. The highest BCUT2D eigenvalue weighted by Crippen LogP contribution is 2.25. The Balaban J connectivity index is 2.12. The van der Waals surface area contributed by atoms with Gasteiger partial charge in [-0.2, -0.15) is 0 Å². The van der Waals surface area contributed by atoms with Gasteiger partial charge >= 0.3 is 0 Å². The Labute approximate surface area is 83.6 Å². The van der Waals surface area contributed by atoms with Gasteiger partial charge in [-0.1, -0.05) is 0 Å². The first-order valence-corrected chi connectivity index (χ1v) is 5.68. The maximum absolute atomic E-state index is 3.46. The standard InChI is InChI=1S/C10H16N2S/c1-8-7-12(5-4-11-8)10-3-6-13-9(10)2/h3,6,8,11H,4-5,7H2,1-2H3/t8-/m0/s1. The first-order valence-electron chi connectivity index (χ1n) is 4.80. The van der Waals surface area contributed by atoms with Crippen molar-refractivity contribution in [2.75, 3.05) is 24.5 Å². The summed E-state index contributed by atoms with van der Waals surface area (Å²) >= 11 is 1.84. The highest BCUT2D eigenvalue weighted by molar-refractivity contribution is 7.10. The van der Waals surface area contributed by atoms with Gasteiger partial charge in [0, 0.05) is 30.6 Å². The smallest absolute Gasteiger partial charge is 0.0505 e. The molecule has 2 heterocycles. The van der Waals surface area contributed by atoms with Crippen LogP contribution in [0.5, 0.6) is 0 Å². The first-order chi connectivity index (χ1) is 6.27. The van der Waals surface area contributed by atoms with Crippen molar-refractivity contribution in [3.05, 3.63) is 16.3 Å². The van der Waals surface area contributed by atoms with Gasteiger partial charge in [-0.25, -0.2) is 0 Å². The molecule has 0 bridgehead atoms. The molecule has 1 atom stereocenters. The minimum atomic E-state index is 0.619. The zero-order valence-corrected chi connectivity index (χ0v) is 9.03. The van der Waals surface area contributed by atoms with E-state index in [9.17, 15) is 0 Å². The molecule has 0 spiro atoms. The third kappa shape index (κ3) is 1.86. The Morgan fingerprint density at radius 3 is 3.08 bits per heavy atom. The molecule has 0 saturated carbocycles. The molecule has 1 fully saturated rings. The van der Waals surface area contributed by atoms with E-state index < -0.39 is 0 Å². The van der Waals surface area contributed by atoms with Crippen LogP contribution in [-0.2, 0) is 0 Å². The second-order valence-corrected chi connectivity index (χ2v) is 4.78. The van der Waals surface area contributed by atoms with E-state index in [1.54, 1.807) is 0 Å². The van der Waals surface area contributed by atoms with E-state index in [0.29, 0.717) is 6.04 Å². The Morgan fingerprint density at radius 2 is 2.46 bits per heavy atom. The fourth-order valence-electron chi connectivity index (χ4n) is 1.86. The first kappa shape index (κ1) is 9.03. The molecule has 1 aromatic heterocycles. The SMILES string of the molecule is Cc1sccc1N1CCN[C@@H](C)C1. The number of anilines is 1. The lowest BCUT2D eigenvalue weighted by molar-refractivity contribution is 0.485. The van der Waals surface area contributed by atoms with Crippen LogP contribution in [0.1, 0.15) is 11.8 Å². The molecule has 2 rings (SSSR count). The third-order valence-corrected chi connectivity index (χ3v) is 3.38. The van der Waals surface area contributed by atoms with Gasteiger partial charge in [-0.15, -0.1) is 11.3 Å². The number of hydrogen-bond donors (Lipinski definition) is 1. The molecular formula is C10H16N2S. The Bertz CT molecular complexity index is 282. The fraction of sp³-hybridized carbons (Fsp3) is 0.600. The molecule has 1 N–H and O–H groups in total. The average molecular weight is 196 g/mol. The Hall–Kier alpha value is -0.540. The number of piperazine rings is 1. The second kappa shape index (κ2) is 3.68. The highest BCUT2D eigenvalue weighted by Gasteiger charge is 2.17. The van der Waals surface area contributed by atoms with Crippen molar-refractivity contribution >= 4 is 17.0 Å². The lowest BCUT2D eigenvalue weighted by Crippen LogP contribution is -2.49. The van der Waals surface area contributed by atoms with E-state index in [1.807, 2.05) is 11.3 Å². The van der Waals surface area contributed by atoms with Crippen LogP contribution in [0.15, 0.2) is 11.4 Å². The van der Waals surface area contributed by atoms with Gasteiger partial charge in [-0.05, 0) is 25.3 Å².